The Kier molecular flexibility index (Phi) is 7.00. The van der Waals surface area contributed by atoms with Crippen LogP contribution in [-0.2, 0) is 27.4 Å². The zero-order chi connectivity index (χ0) is 21.5. The summed E-state index contributed by atoms with van der Waals surface area (Å²) in [4.78, 5) is 38.1. The lowest BCUT2D eigenvalue weighted by Gasteiger charge is -2.25. The van der Waals surface area contributed by atoms with Gasteiger partial charge in [-0.2, -0.15) is 0 Å². The Morgan fingerprint density at radius 3 is 2.47 bits per heavy atom. The van der Waals surface area contributed by atoms with E-state index in [2.05, 4.69) is 5.32 Å². The topological polar surface area (TPSA) is 95.9 Å². The van der Waals surface area contributed by atoms with E-state index in [-0.39, 0.29) is 13.0 Å². The van der Waals surface area contributed by atoms with E-state index >= 15 is 0 Å². The van der Waals surface area contributed by atoms with Crippen molar-refractivity contribution in [1.82, 2.24) is 10.2 Å². The molecular weight excluding hydrogens is 391 g/mol. The van der Waals surface area contributed by atoms with Crippen LogP contribution >= 0.6 is 0 Å². The number of amides is 2. The molecule has 2 atom stereocenters. The lowest BCUT2D eigenvalue weighted by atomic mass is 10.1. The predicted octanol–water partition coefficient (Wildman–Crippen LogP) is 2.74. The molecule has 3 rings (SSSR count). The smallest absolute Gasteiger partial charge is 0.410 e. The van der Waals surface area contributed by atoms with E-state index in [1.807, 2.05) is 30.3 Å². The number of halogens is 1. The Bertz CT molecular complexity index is 888. The number of ether oxygens (including phenoxy) is 1. The second-order valence-corrected chi connectivity index (χ2v) is 7.12. The number of carboxylic acids is 1. The number of aliphatic carboxylic acids is 1. The minimum atomic E-state index is -1.20. The Hall–Kier alpha value is -3.42. The molecule has 0 saturated carbocycles. The van der Waals surface area contributed by atoms with Gasteiger partial charge >= 0.3 is 12.1 Å². The summed E-state index contributed by atoms with van der Waals surface area (Å²) in [7, 11) is 0. The van der Waals surface area contributed by atoms with Crippen molar-refractivity contribution in [3.8, 4) is 0 Å². The van der Waals surface area contributed by atoms with Crippen LogP contribution in [0.25, 0.3) is 0 Å². The first-order valence-electron chi connectivity index (χ1n) is 9.69. The minimum absolute atomic E-state index is 0.00648. The predicted molar refractivity (Wildman–Crippen MR) is 106 cm³/mol. The van der Waals surface area contributed by atoms with Crippen LogP contribution in [-0.4, -0.2) is 46.6 Å². The maximum Gasteiger partial charge on any atom is 0.410 e. The largest absolute Gasteiger partial charge is 0.480 e. The van der Waals surface area contributed by atoms with Crippen LogP contribution in [0.5, 0.6) is 0 Å². The van der Waals surface area contributed by atoms with Crippen LogP contribution < -0.4 is 5.32 Å². The lowest BCUT2D eigenvalue weighted by Crippen LogP contribution is -2.51. The SMILES string of the molecule is O=C(N[C@H](Cc1ccc(F)cc1)C(=O)O)[C@H]1CCCN1C(=O)OCc1ccccc1. The quantitative estimate of drug-likeness (QED) is 0.726. The Morgan fingerprint density at radius 2 is 1.80 bits per heavy atom. The van der Waals surface area contributed by atoms with Gasteiger partial charge in [0.25, 0.3) is 0 Å². The molecule has 8 heteroatoms. The van der Waals surface area contributed by atoms with Crippen molar-refractivity contribution in [3.05, 3.63) is 71.5 Å². The molecular formula is C22H23FN2O5. The summed E-state index contributed by atoms with van der Waals surface area (Å²) in [6.07, 6.45) is 0.442. The van der Waals surface area contributed by atoms with Crippen LogP contribution in [0.2, 0.25) is 0 Å². The number of carbonyl (C=O) groups excluding carboxylic acids is 2. The average Bonchev–Trinajstić information content (AvgIpc) is 3.24. The van der Waals surface area contributed by atoms with Gasteiger partial charge in [0.15, 0.2) is 0 Å². The molecule has 2 aromatic carbocycles. The number of hydrogen-bond acceptors (Lipinski definition) is 4. The number of rotatable bonds is 7. The molecule has 2 aromatic rings. The number of carbonyl (C=O) groups is 3. The summed E-state index contributed by atoms with van der Waals surface area (Å²) >= 11 is 0. The maximum atomic E-state index is 13.1. The van der Waals surface area contributed by atoms with Gasteiger partial charge < -0.3 is 15.2 Å². The zero-order valence-corrected chi connectivity index (χ0v) is 16.3. The summed E-state index contributed by atoms with van der Waals surface area (Å²) in [5.74, 6) is -2.17. The van der Waals surface area contributed by atoms with Crippen LogP contribution in [0.4, 0.5) is 9.18 Å². The fraction of sp³-hybridized carbons (Fsp3) is 0.318. The van der Waals surface area contributed by atoms with Gasteiger partial charge in [-0.05, 0) is 36.1 Å². The summed E-state index contributed by atoms with van der Waals surface area (Å²) < 4.78 is 18.4. The van der Waals surface area contributed by atoms with Gasteiger partial charge in [-0.15, -0.1) is 0 Å². The summed E-state index contributed by atoms with van der Waals surface area (Å²) in [6, 6.07) is 12.6. The third kappa shape index (κ3) is 5.56. The molecule has 158 valence electrons. The van der Waals surface area contributed by atoms with Gasteiger partial charge in [0.1, 0.15) is 24.5 Å². The molecule has 0 radical (unpaired) electrons. The molecule has 1 fully saturated rings. The van der Waals surface area contributed by atoms with Crippen molar-refractivity contribution < 1.29 is 28.6 Å². The number of benzene rings is 2. The fourth-order valence-electron chi connectivity index (χ4n) is 3.38. The van der Waals surface area contributed by atoms with Gasteiger partial charge in [-0.25, -0.2) is 14.0 Å². The first-order valence-corrected chi connectivity index (χ1v) is 9.69. The number of likely N-dealkylation sites (tertiary alicyclic amines) is 1. The van der Waals surface area contributed by atoms with Gasteiger partial charge in [-0.3, -0.25) is 9.69 Å². The first kappa shape index (κ1) is 21.3. The summed E-state index contributed by atoms with van der Waals surface area (Å²) in [5.41, 5.74) is 1.41. The Labute approximate surface area is 173 Å². The van der Waals surface area contributed by atoms with E-state index in [1.54, 1.807) is 0 Å². The van der Waals surface area contributed by atoms with E-state index in [0.717, 1.165) is 5.56 Å². The van der Waals surface area contributed by atoms with E-state index < -0.39 is 35.9 Å². The highest BCUT2D eigenvalue weighted by Crippen LogP contribution is 2.19. The lowest BCUT2D eigenvalue weighted by molar-refractivity contribution is -0.142. The molecule has 7 nitrogen and oxygen atoms in total. The van der Waals surface area contributed by atoms with Crippen LogP contribution in [0.1, 0.15) is 24.0 Å². The van der Waals surface area contributed by atoms with Gasteiger partial charge in [0.2, 0.25) is 5.91 Å². The molecule has 0 aromatic heterocycles. The van der Waals surface area contributed by atoms with Crippen LogP contribution in [0.3, 0.4) is 0 Å². The van der Waals surface area contributed by atoms with Crippen molar-refractivity contribution >= 4 is 18.0 Å². The van der Waals surface area contributed by atoms with E-state index in [1.165, 1.54) is 29.2 Å². The molecule has 1 saturated heterocycles. The Morgan fingerprint density at radius 1 is 1.10 bits per heavy atom. The highest BCUT2D eigenvalue weighted by Gasteiger charge is 2.36. The maximum absolute atomic E-state index is 13.1. The van der Waals surface area contributed by atoms with Crippen LogP contribution in [0, 0.1) is 5.82 Å². The van der Waals surface area contributed by atoms with E-state index in [0.29, 0.717) is 24.9 Å². The fourth-order valence-corrected chi connectivity index (χ4v) is 3.38. The Balaban J connectivity index is 1.59. The number of hydrogen-bond donors (Lipinski definition) is 2. The van der Waals surface area contributed by atoms with Gasteiger partial charge in [-0.1, -0.05) is 42.5 Å². The standard InChI is InChI=1S/C22H23FN2O5/c23-17-10-8-15(9-11-17)13-18(21(27)28)24-20(26)19-7-4-12-25(19)22(29)30-14-16-5-2-1-3-6-16/h1-3,5-6,8-11,18-19H,4,7,12-14H2,(H,24,26)(H,27,28)/t18-,19-/m1/s1. The van der Waals surface area contributed by atoms with Gasteiger partial charge in [0, 0.05) is 13.0 Å². The third-order valence-electron chi connectivity index (χ3n) is 4.96. The number of carboxylic acid groups (broad SMARTS) is 1. The second-order valence-electron chi connectivity index (χ2n) is 7.12. The van der Waals surface area contributed by atoms with Crippen molar-refractivity contribution in [2.45, 2.75) is 38.0 Å². The molecule has 0 aliphatic carbocycles. The van der Waals surface area contributed by atoms with Crippen molar-refractivity contribution in [1.29, 1.82) is 0 Å². The molecule has 30 heavy (non-hydrogen) atoms. The highest BCUT2D eigenvalue weighted by atomic mass is 19.1. The molecule has 1 heterocycles. The first-order chi connectivity index (χ1) is 14.4. The monoisotopic (exact) mass is 414 g/mol. The molecule has 0 bridgehead atoms. The van der Waals surface area contributed by atoms with Crippen molar-refractivity contribution in [2.75, 3.05) is 6.54 Å². The summed E-state index contributed by atoms with van der Waals surface area (Å²) in [6.45, 7) is 0.453. The normalized spacial score (nSPS) is 16.7. The van der Waals surface area contributed by atoms with Crippen molar-refractivity contribution in [2.24, 2.45) is 0 Å². The average molecular weight is 414 g/mol. The minimum Gasteiger partial charge on any atom is -0.480 e. The molecule has 1 aliphatic heterocycles. The van der Waals surface area contributed by atoms with E-state index in [4.69, 9.17) is 4.74 Å². The third-order valence-corrected chi connectivity index (χ3v) is 4.96. The van der Waals surface area contributed by atoms with E-state index in [9.17, 15) is 23.9 Å². The highest BCUT2D eigenvalue weighted by molar-refractivity contribution is 5.89. The second kappa shape index (κ2) is 9.87. The molecule has 0 unspecified atom stereocenters. The van der Waals surface area contributed by atoms with Gasteiger partial charge in [0.05, 0.1) is 0 Å². The molecule has 2 amide bonds. The number of nitrogens with zero attached hydrogens (tertiary/aromatic N) is 1. The molecule has 2 N–H and O–H groups in total. The molecule has 1 aliphatic rings. The zero-order valence-electron chi connectivity index (χ0n) is 16.3. The summed E-state index contributed by atoms with van der Waals surface area (Å²) in [5, 5.41) is 12.0. The van der Waals surface area contributed by atoms with Crippen LogP contribution in [0.15, 0.2) is 54.6 Å². The molecule has 0 spiro atoms. The van der Waals surface area contributed by atoms with Crippen molar-refractivity contribution in [3.63, 3.8) is 0 Å². The number of nitrogens with one attached hydrogen (secondary N) is 1.